The largest absolute Gasteiger partial charge is 0.497 e. The molecule has 0 unspecified atom stereocenters. The van der Waals surface area contributed by atoms with Gasteiger partial charge in [-0.25, -0.2) is 4.79 Å². The van der Waals surface area contributed by atoms with E-state index >= 15 is 0 Å². The molecule has 4 rings (SSSR count). The van der Waals surface area contributed by atoms with Gasteiger partial charge in [-0.15, -0.1) is 0 Å². The van der Waals surface area contributed by atoms with Crippen LogP contribution in [0.5, 0.6) is 5.75 Å². The number of hydrogen-bond acceptors (Lipinski definition) is 4. The highest BCUT2D eigenvalue weighted by molar-refractivity contribution is 6.35. The number of nitrogens with zero attached hydrogens (tertiary/aromatic N) is 1. The molecule has 0 aliphatic carbocycles. The van der Waals surface area contributed by atoms with Crippen molar-refractivity contribution in [2.75, 3.05) is 18.6 Å². The first kappa shape index (κ1) is 18.8. The third-order valence-electron chi connectivity index (χ3n) is 5.12. The number of benzene rings is 2. The number of carbonyl (C=O) groups is 2. The van der Waals surface area contributed by atoms with E-state index in [1.165, 1.54) is 6.08 Å². The number of fused-ring (bicyclic) bond motifs is 2. The second-order valence-electron chi connectivity index (χ2n) is 6.65. The summed E-state index contributed by atoms with van der Waals surface area (Å²) in [6.07, 6.45) is 1.55. The summed E-state index contributed by atoms with van der Waals surface area (Å²) < 4.78 is 11.0. The number of rotatable bonds is 3. The van der Waals surface area contributed by atoms with E-state index in [-0.39, 0.29) is 12.3 Å². The van der Waals surface area contributed by atoms with Crippen molar-refractivity contribution in [1.82, 2.24) is 0 Å². The topological polar surface area (TPSA) is 55.8 Å². The number of likely N-dealkylation sites (N-methyl/N-ethyl adjacent to an activating group) is 1. The van der Waals surface area contributed by atoms with Crippen molar-refractivity contribution in [1.29, 1.82) is 0 Å². The Kier molecular flexibility index (Phi) is 4.60. The molecule has 144 valence electrons. The number of hydrogen-bond donors (Lipinski definition) is 0. The highest BCUT2D eigenvalue weighted by Gasteiger charge is 2.55. The van der Waals surface area contributed by atoms with Crippen LogP contribution in [0.15, 0.2) is 42.5 Å². The van der Waals surface area contributed by atoms with Gasteiger partial charge >= 0.3 is 5.97 Å². The standard InChI is InChI=1S/C21H17Cl2NO4/c1-3-24-18-7-5-14(27-2)10-16(18)21(20(24)26)11-12(8-19(25)28-21)15-6-4-13(22)9-17(15)23/h4-10H,3,11H2,1-2H3/t21-/m0/s1. The molecule has 0 bridgehead atoms. The first-order valence-corrected chi connectivity index (χ1v) is 9.54. The Morgan fingerprint density at radius 2 is 1.96 bits per heavy atom. The molecule has 5 nitrogen and oxygen atoms in total. The van der Waals surface area contributed by atoms with Crippen molar-refractivity contribution < 1.29 is 19.1 Å². The van der Waals surface area contributed by atoms with E-state index in [4.69, 9.17) is 32.7 Å². The number of amides is 1. The minimum atomic E-state index is -1.44. The third-order valence-corrected chi connectivity index (χ3v) is 5.67. The number of halogens is 2. The number of esters is 1. The van der Waals surface area contributed by atoms with Gasteiger partial charge in [-0.1, -0.05) is 29.3 Å². The second-order valence-corrected chi connectivity index (χ2v) is 7.49. The summed E-state index contributed by atoms with van der Waals surface area (Å²) >= 11 is 12.3. The second kappa shape index (κ2) is 6.83. The summed E-state index contributed by atoms with van der Waals surface area (Å²) in [4.78, 5) is 27.5. The lowest BCUT2D eigenvalue weighted by molar-refractivity contribution is -0.163. The van der Waals surface area contributed by atoms with E-state index < -0.39 is 11.6 Å². The van der Waals surface area contributed by atoms with Gasteiger partial charge in [-0.05, 0) is 48.4 Å². The van der Waals surface area contributed by atoms with E-state index in [0.29, 0.717) is 44.7 Å². The van der Waals surface area contributed by atoms with Gasteiger partial charge in [0.05, 0.1) is 12.8 Å². The van der Waals surface area contributed by atoms with Crippen molar-refractivity contribution >= 4 is 46.3 Å². The van der Waals surface area contributed by atoms with Gasteiger partial charge in [-0.2, -0.15) is 0 Å². The van der Waals surface area contributed by atoms with Crippen LogP contribution >= 0.6 is 23.2 Å². The summed E-state index contributed by atoms with van der Waals surface area (Å²) in [6, 6.07) is 10.4. The average molecular weight is 418 g/mol. The molecule has 2 aromatic rings. The normalized spacial score (nSPS) is 20.9. The van der Waals surface area contributed by atoms with Crippen LogP contribution in [0, 0.1) is 0 Å². The molecule has 2 aliphatic rings. The van der Waals surface area contributed by atoms with Crippen molar-refractivity contribution in [2.45, 2.75) is 18.9 Å². The van der Waals surface area contributed by atoms with Crippen LogP contribution in [-0.4, -0.2) is 25.5 Å². The highest BCUT2D eigenvalue weighted by Crippen LogP contribution is 2.51. The molecule has 0 fully saturated rings. The van der Waals surface area contributed by atoms with Crippen molar-refractivity contribution in [3.8, 4) is 5.75 Å². The molecule has 1 atom stereocenters. The van der Waals surface area contributed by atoms with Crippen molar-refractivity contribution in [3.05, 3.63) is 63.6 Å². The predicted molar refractivity (Wildman–Crippen MR) is 108 cm³/mol. The first-order valence-electron chi connectivity index (χ1n) is 8.79. The monoisotopic (exact) mass is 417 g/mol. The van der Waals surface area contributed by atoms with Gasteiger partial charge in [0, 0.05) is 34.7 Å². The van der Waals surface area contributed by atoms with Crippen LogP contribution in [0.3, 0.4) is 0 Å². The van der Waals surface area contributed by atoms with Gasteiger partial charge < -0.3 is 14.4 Å². The minimum Gasteiger partial charge on any atom is -0.497 e. The molecule has 0 saturated heterocycles. The molecule has 0 saturated carbocycles. The van der Waals surface area contributed by atoms with Crippen LogP contribution in [-0.2, 0) is 19.9 Å². The van der Waals surface area contributed by atoms with Crippen LogP contribution in [0.4, 0.5) is 5.69 Å². The van der Waals surface area contributed by atoms with Crippen molar-refractivity contribution in [3.63, 3.8) is 0 Å². The lowest BCUT2D eigenvalue weighted by Gasteiger charge is -2.32. The zero-order valence-corrected chi connectivity index (χ0v) is 16.8. The van der Waals surface area contributed by atoms with E-state index in [1.54, 1.807) is 42.3 Å². The molecule has 1 amide bonds. The first-order chi connectivity index (χ1) is 13.4. The van der Waals surface area contributed by atoms with Gasteiger partial charge in [-0.3, -0.25) is 4.79 Å². The number of methoxy groups -OCH3 is 1. The average Bonchev–Trinajstić information content (AvgIpc) is 2.88. The maximum absolute atomic E-state index is 13.4. The Bertz CT molecular complexity index is 1030. The SMILES string of the molecule is CCN1C(=O)[C@]2(CC(c3ccc(Cl)cc3Cl)=CC(=O)O2)c2cc(OC)ccc21. The fourth-order valence-corrected chi connectivity index (χ4v) is 4.38. The zero-order chi connectivity index (χ0) is 20.1. The zero-order valence-electron chi connectivity index (χ0n) is 15.3. The maximum atomic E-state index is 13.4. The molecule has 2 heterocycles. The van der Waals surface area contributed by atoms with E-state index in [9.17, 15) is 9.59 Å². The fraction of sp³-hybridized carbons (Fsp3) is 0.238. The van der Waals surface area contributed by atoms with E-state index in [1.807, 2.05) is 13.0 Å². The van der Waals surface area contributed by atoms with Gasteiger partial charge in [0.1, 0.15) is 5.75 Å². The molecule has 2 aromatic carbocycles. The van der Waals surface area contributed by atoms with E-state index in [2.05, 4.69) is 0 Å². The molecular weight excluding hydrogens is 401 g/mol. The fourth-order valence-electron chi connectivity index (χ4n) is 3.85. The summed E-state index contributed by atoms with van der Waals surface area (Å²) in [5, 5.41) is 0.902. The Balaban J connectivity index is 1.87. The quantitative estimate of drug-likeness (QED) is 0.684. The molecule has 1 spiro atoms. The smallest absolute Gasteiger partial charge is 0.332 e. The van der Waals surface area contributed by atoms with Crippen LogP contribution in [0.2, 0.25) is 10.0 Å². The molecule has 28 heavy (non-hydrogen) atoms. The molecule has 2 aliphatic heterocycles. The third kappa shape index (κ3) is 2.77. The van der Waals surface area contributed by atoms with Crippen LogP contribution in [0.25, 0.3) is 5.57 Å². The summed E-state index contributed by atoms with van der Waals surface area (Å²) in [6.45, 7) is 2.33. The molecule has 0 N–H and O–H groups in total. The van der Waals surface area contributed by atoms with Gasteiger partial charge in [0.15, 0.2) is 0 Å². The Labute approximate surface area is 172 Å². The predicted octanol–water partition coefficient (Wildman–Crippen LogP) is 4.59. The van der Waals surface area contributed by atoms with Gasteiger partial charge in [0.25, 0.3) is 5.91 Å². The summed E-state index contributed by atoms with van der Waals surface area (Å²) in [5.74, 6) is -0.282. The number of anilines is 1. The highest BCUT2D eigenvalue weighted by atomic mass is 35.5. The van der Waals surface area contributed by atoms with Crippen LogP contribution < -0.4 is 9.64 Å². The number of carbonyl (C=O) groups excluding carboxylic acids is 2. The Morgan fingerprint density at radius 3 is 2.64 bits per heavy atom. The van der Waals surface area contributed by atoms with Crippen molar-refractivity contribution in [2.24, 2.45) is 0 Å². The lowest BCUT2D eigenvalue weighted by Crippen LogP contribution is -2.45. The Morgan fingerprint density at radius 1 is 1.18 bits per heavy atom. The molecule has 0 aromatic heterocycles. The molecule has 7 heteroatoms. The van der Waals surface area contributed by atoms with Gasteiger partial charge in [0.2, 0.25) is 5.60 Å². The summed E-state index contributed by atoms with van der Waals surface area (Å²) in [7, 11) is 1.55. The van der Waals surface area contributed by atoms with E-state index in [0.717, 1.165) is 0 Å². The molecular formula is C21H17Cl2NO4. The number of ether oxygens (including phenoxy) is 2. The summed E-state index contributed by atoms with van der Waals surface area (Å²) in [5.41, 5.74) is 1.16. The maximum Gasteiger partial charge on any atom is 0.332 e. The Hall–Kier alpha value is -2.50. The minimum absolute atomic E-state index is 0.176. The molecule has 0 radical (unpaired) electrons. The lowest BCUT2D eigenvalue weighted by atomic mass is 9.83. The van der Waals surface area contributed by atoms with Crippen LogP contribution in [0.1, 0.15) is 24.5 Å².